The van der Waals surface area contributed by atoms with E-state index in [2.05, 4.69) is 52.6 Å². The van der Waals surface area contributed by atoms with Gasteiger partial charge in [-0.05, 0) is 63.5 Å². The van der Waals surface area contributed by atoms with Gasteiger partial charge >= 0.3 is 29.4 Å². The molecule has 0 aliphatic carbocycles. The highest BCUT2D eigenvalue weighted by Crippen LogP contribution is 2.61. The molecule has 0 saturated carbocycles. The fraction of sp³-hybridized carbons (Fsp3) is 0.659. The fourth-order valence-corrected chi connectivity index (χ4v) is 10.6. The topological polar surface area (TPSA) is 401 Å². The van der Waals surface area contributed by atoms with Gasteiger partial charge < -0.3 is 56.0 Å². The maximum atomic E-state index is 13.1. The maximum absolute atomic E-state index is 13.1. The monoisotopic (exact) mass is 1090 g/mol. The van der Waals surface area contributed by atoms with E-state index in [0.717, 1.165) is 62.2 Å². The summed E-state index contributed by atoms with van der Waals surface area (Å²) in [6.45, 7) is 7.54. The third kappa shape index (κ3) is 19.2. The molecule has 1 aromatic carbocycles. The molecular formula is C44H70N7O19P3. The normalized spacial score (nSPS) is 19.8. The second-order valence-corrected chi connectivity index (χ2v) is 24.1. The van der Waals surface area contributed by atoms with Crippen LogP contribution in [0.3, 0.4) is 0 Å². The standard InChI is InChI=1S/C44H70N7O19P3/c1-42(2,19-11-9-14-29-16-12-15-28(23-29)13-8-7-10-20-43(3,4)41(57)58)31(52)17-21-46-32(53)18-22-47-39(56)36(55)44(5,6)25-67-73(64,65)70-72(62,63)66-24-30-35(69-71(59,60)61)34(54)40(68-30)51-27-50-33-37(45)48-26-49-38(33)51/h12,15-16,23,26-27,30,34-36,40,54-55H,7-11,13-14,17-22,24-25H2,1-6H3,(H,46,53)(H,47,56)(H,57,58)(H,62,63)(H,64,65)(H2,45,48,49)(H2,59,60,61). The van der Waals surface area contributed by atoms with E-state index < -0.39 is 101 Å². The summed E-state index contributed by atoms with van der Waals surface area (Å²) in [5, 5.41) is 36.0. The number of carboxylic acid groups (broad SMARTS) is 1. The number of aliphatic carboxylic acids is 1. The molecule has 1 saturated heterocycles. The number of aliphatic hydroxyl groups is 2. The average molecular weight is 1090 g/mol. The van der Waals surface area contributed by atoms with Crippen LogP contribution in [0.5, 0.6) is 0 Å². The lowest BCUT2D eigenvalue weighted by Gasteiger charge is -2.30. The van der Waals surface area contributed by atoms with Gasteiger partial charge in [0.05, 0.1) is 25.0 Å². The van der Waals surface area contributed by atoms with Gasteiger partial charge in [-0.1, -0.05) is 71.2 Å². The van der Waals surface area contributed by atoms with E-state index >= 15 is 0 Å². The SMILES string of the molecule is CC(C)(CCCCCc1cccc(CCCCC(C)(C)C(=O)CCNC(=O)CCNC(=O)C(O)C(C)(C)COP(=O)(O)OP(=O)(O)OCC2OC(n3cnc4c(N)ncnc43)C(O)C2OP(=O)(O)O)c1)C(=O)O. The van der Waals surface area contributed by atoms with Gasteiger partial charge in [-0.2, -0.15) is 4.31 Å². The molecule has 11 N–H and O–H groups in total. The molecular weight excluding hydrogens is 1020 g/mol. The van der Waals surface area contributed by atoms with Gasteiger partial charge in [0, 0.05) is 36.8 Å². The van der Waals surface area contributed by atoms with Crippen molar-refractivity contribution in [1.29, 1.82) is 0 Å². The Hall–Kier alpha value is -4.10. The quantitative estimate of drug-likeness (QED) is 0.0312. The highest BCUT2D eigenvalue weighted by molar-refractivity contribution is 7.61. The number of nitrogens with zero attached hydrogens (tertiary/aromatic N) is 4. The number of fused-ring (bicyclic) bond motifs is 1. The lowest BCUT2D eigenvalue weighted by Crippen LogP contribution is -2.46. The number of carbonyl (C=O) groups excluding carboxylic acids is 3. The Bertz CT molecular complexity index is 2520. The Balaban J connectivity index is 1.13. The summed E-state index contributed by atoms with van der Waals surface area (Å²) in [5.74, 6) is -2.31. The number of aromatic nitrogens is 4. The van der Waals surface area contributed by atoms with Gasteiger partial charge in [-0.15, -0.1) is 0 Å². The molecule has 4 rings (SSSR count). The first-order valence-electron chi connectivity index (χ1n) is 23.6. The van der Waals surface area contributed by atoms with Crippen LogP contribution in [-0.2, 0) is 68.3 Å². The number of carbonyl (C=O) groups is 4. The first-order valence-corrected chi connectivity index (χ1v) is 28.1. The van der Waals surface area contributed by atoms with Crippen LogP contribution < -0.4 is 16.4 Å². The number of aryl methyl sites for hydroxylation is 2. The van der Waals surface area contributed by atoms with Crippen molar-refractivity contribution in [2.24, 2.45) is 16.2 Å². The summed E-state index contributed by atoms with van der Waals surface area (Å²) < 4.78 is 62.6. The van der Waals surface area contributed by atoms with Crippen molar-refractivity contribution in [3.8, 4) is 0 Å². The third-order valence-corrected chi connectivity index (χ3v) is 15.5. The molecule has 7 atom stereocenters. The number of phosphoric ester groups is 3. The maximum Gasteiger partial charge on any atom is 0.481 e. The zero-order valence-electron chi connectivity index (χ0n) is 41.7. The highest BCUT2D eigenvalue weighted by Gasteiger charge is 2.50. The minimum absolute atomic E-state index is 0.0177. The molecule has 2 amide bonds. The van der Waals surface area contributed by atoms with Crippen molar-refractivity contribution in [3.05, 3.63) is 48.0 Å². The van der Waals surface area contributed by atoms with Crippen molar-refractivity contribution < 1.29 is 90.4 Å². The predicted molar refractivity (Wildman–Crippen MR) is 261 cm³/mol. The van der Waals surface area contributed by atoms with Crippen LogP contribution in [0.2, 0.25) is 0 Å². The van der Waals surface area contributed by atoms with Gasteiger partial charge in [0.15, 0.2) is 17.7 Å². The largest absolute Gasteiger partial charge is 0.481 e. The second kappa shape index (κ2) is 26.1. The lowest BCUT2D eigenvalue weighted by atomic mass is 9.81. The number of anilines is 1. The second-order valence-electron chi connectivity index (χ2n) is 19.9. The first kappa shape index (κ1) is 61.4. The van der Waals surface area contributed by atoms with E-state index in [-0.39, 0.29) is 48.7 Å². The summed E-state index contributed by atoms with van der Waals surface area (Å²) in [5.41, 5.74) is 5.38. The Kier molecular flexibility index (Phi) is 22.0. The number of ether oxygens (including phenoxy) is 1. The molecule has 7 unspecified atom stereocenters. The van der Waals surface area contributed by atoms with Crippen LogP contribution in [0.4, 0.5) is 5.82 Å². The van der Waals surface area contributed by atoms with Gasteiger partial charge in [0.2, 0.25) is 11.8 Å². The number of ketones is 1. The van der Waals surface area contributed by atoms with Gasteiger partial charge in [0.1, 0.15) is 42.0 Å². The summed E-state index contributed by atoms with van der Waals surface area (Å²) in [6.07, 6.45) is 0.678. The summed E-state index contributed by atoms with van der Waals surface area (Å²) >= 11 is 0. The fourth-order valence-electron chi connectivity index (χ4n) is 7.75. The molecule has 0 bridgehead atoms. The number of amides is 2. The average Bonchev–Trinajstić information content (AvgIpc) is 3.85. The first-order chi connectivity index (χ1) is 33.8. The number of imidazole rings is 1. The van der Waals surface area contributed by atoms with Crippen molar-refractivity contribution in [1.82, 2.24) is 30.2 Å². The van der Waals surface area contributed by atoms with E-state index in [4.69, 9.17) is 19.5 Å². The van der Waals surface area contributed by atoms with Crippen LogP contribution >= 0.6 is 23.5 Å². The van der Waals surface area contributed by atoms with E-state index in [1.165, 1.54) is 25.0 Å². The number of aliphatic hydroxyl groups excluding tert-OH is 2. The number of nitrogens with two attached hydrogens (primary N) is 1. The summed E-state index contributed by atoms with van der Waals surface area (Å²) in [7, 11) is -16.5. The smallest absolute Gasteiger partial charge is 0.481 e. The molecule has 1 aliphatic heterocycles. The summed E-state index contributed by atoms with van der Waals surface area (Å²) in [4.78, 5) is 101. The highest BCUT2D eigenvalue weighted by atomic mass is 31.3. The molecule has 3 heterocycles. The minimum atomic E-state index is -5.60. The Morgan fingerprint density at radius 1 is 0.836 bits per heavy atom. The zero-order valence-corrected chi connectivity index (χ0v) is 44.4. The number of rotatable bonds is 32. The number of benzene rings is 1. The molecule has 0 spiro atoms. The molecule has 410 valence electrons. The molecule has 26 nitrogen and oxygen atoms in total. The Morgan fingerprint density at radius 3 is 2.08 bits per heavy atom. The molecule has 29 heteroatoms. The summed E-state index contributed by atoms with van der Waals surface area (Å²) in [6, 6.07) is 8.44. The van der Waals surface area contributed by atoms with Crippen molar-refractivity contribution in [2.75, 3.05) is 32.0 Å². The number of Topliss-reactive ketones (excluding diaryl/α,β-unsaturated/α-hetero) is 1. The van der Waals surface area contributed by atoms with Crippen molar-refractivity contribution in [3.63, 3.8) is 0 Å². The van der Waals surface area contributed by atoms with Crippen molar-refractivity contribution in [2.45, 2.75) is 143 Å². The molecule has 1 aliphatic rings. The van der Waals surface area contributed by atoms with Crippen LogP contribution in [-0.4, -0.2) is 129 Å². The zero-order chi connectivity index (χ0) is 54.6. The Labute approximate surface area is 422 Å². The number of hydrogen-bond donors (Lipinski definition) is 10. The van der Waals surface area contributed by atoms with E-state index in [1.54, 1.807) is 13.8 Å². The number of hydrogen-bond acceptors (Lipinski definition) is 18. The van der Waals surface area contributed by atoms with E-state index in [0.29, 0.717) is 12.8 Å². The third-order valence-electron chi connectivity index (χ3n) is 12.4. The molecule has 73 heavy (non-hydrogen) atoms. The van der Waals surface area contributed by atoms with Crippen LogP contribution in [0.25, 0.3) is 11.2 Å². The number of carboxylic acids is 1. The lowest BCUT2D eigenvalue weighted by molar-refractivity contribution is -0.147. The van der Waals surface area contributed by atoms with E-state index in [9.17, 15) is 67.8 Å². The number of nitrogen functional groups attached to an aromatic ring is 1. The number of unbranched alkanes of at least 4 members (excludes halogenated alkanes) is 3. The van der Waals surface area contributed by atoms with Gasteiger partial charge in [-0.25, -0.2) is 28.6 Å². The van der Waals surface area contributed by atoms with Crippen LogP contribution in [0.15, 0.2) is 36.9 Å². The van der Waals surface area contributed by atoms with Crippen LogP contribution in [0, 0.1) is 16.2 Å². The predicted octanol–water partition coefficient (Wildman–Crippen LogP) is 4.02. The molecule has 0 radical (unpaired) electrons. The minimum Gasteiger partial charge on any atom is -0.481 e. The Morgan fingerprint density at radius 2 is 1.44 bits per heavy atom. The van der Waals surface area contributed by atoms with Gasteiger partial charge in [-0.3, -0.25) is 37.3 Å². The number of phosphoric acid groups is 3. The molecule has 3 aromatic rings. The van der Waals surface area contributed by atoms with Crippen molar-refractivity contribution >= 4 is 64.0 Å². The van der Waals surface area contributed by atoms with Gasteiger partial charge in [0.25, 0.3) is 0 Å². The molecule has 2 aromatic heterocycles. The van der Waals surface area contributed by atoms with E-state index in [1.807, 2.05) is 19.9 Å². The number of nitrogens with one attached hydrogen (secondary N) is 2. The molecule has 1 fully saturated rings. The van der Waals surface area contributed by atoms with Crippen LogP contribution in [0.1, 0.15) is 117 Å².